The number of carbonyl (C=O) groups excluding carboxylic acids is 1. The summed E-state index contributed by atoms with van der Waals surface area (Å²) in [6, 6.07) is 6.76. The second kappa shape index (κ2) is 8.39. The van der Waals surface area contributed by atoms with E-state index in [1.165, 1.54) is 0 Å². The molecule has 6 nitrogen and oxygen atoms in total. The van der Waals surface area contributed by atoms with E-state index in [9.17, 15) is 4.79 Å². The predicted molar refractivity (Wildman–Crippen MR) is 103 cm³/mol. The molecule has 3 rings (SSSR count). The van der Waals surface area contributed by atoms with Crippen LogP contribution in [0.4, 0.5) is 5.69 Å². The number of hydrogen-bond donors (Lipinski definition) is 1. The summed E-state index contributed by atoms with van der Waals surface area (Å²) < 4.78 is 5.11. The lowest BCUT2D eigenvalue weighted by molar-refractivity contribution is -0.121. The minimum atomic E-state index is -0.238. The van der Waals surface area contributed by atoms with E-state index in [-0.39, 0.29) is 11.9 Å². The first-order valence-corrected chi connectivity index (χ1v) is 9.32. The molecular weight excluding hydrogens is 375 g/mol. The molecule has 0 aliphatic carbocycles. The van der Waals surface area contributed by atoms with Gasteiger partial charge in [-0.3, -0.25) is 14.6 Å². The Balaban J connectivity index is 1.51. The van der Waals surface area contributed by atoms with Gasteiger partial charge in [-0.2, -0.15) is 0 Å². The van der Waals surface area contributed by atoms with Crippen LogP contribution in [0.1, 0.15) is 18.4 Å². The van der Waals surface area contributed by atoms with Crippen LogP contribution >= 0.6 is 23.2 Å². The van der Waals surface area contributed by atoms with Crippen molar-refractivity contribution >= 4 is 34.8 Å². The van der Waals surface area contributed by atoms with Crippen LogP contribution in [0.15, 0.2) is 28.8 Å². The van der Waals surface area contributed by atoms with Crippen LogP contribution < -0.4 is 5.32 Å². The molecular formula is C18H22Cl2N4O2. The molecule has 0 spiro atoms. The van der Waals surface area contributed by atoms with Crippen LogP contribution in [-0.2, 0) is 11.3 Å². The zero-order valence-corrected chi connectivity index (χ0v) is 16.3. The van der Waals surface area contributed by atoms with Crippen molar-refractivity contribution in [2.75, 3.05) is 31.5 Å². The number of carbonyl (C=O) groups is 1. The van der Waals surface area contributed by atoms with Gasteiger partial charge in [0.15, 0.2) is 0 Å². The molecule has 0 unspecified atom stereocenters. The van der Waals surface area contributed by atoms with Crippen LogP contribution in [0.2, 0.25) is 10.0 Å². The number of nitrogens with one attached hydrogen (secondary N) is 1. The summed E-state index contributed by atoms with van der Waals surface area (Å²) in [7, 11) is 0. The van der Waals surface area contributed by atoms with Gasteiger partial charge in [0.2, 0.25) is 5.91 Å². The Kier molecular flexibility index (Phi) is 6.19. The fourth-order valence-electron chi connectivity index (χ4n) is 3.02. The Morgan fingerprint density at radius 2 is 2.00 bits per heavy atom. The summed E-state index contributed by atoms with van der Waals surface area (Å²) in [4.78, 5) is 17.0. The van der Waals surface area contributed by atoms with Gasteiger partial charge in [0, 0.05) is 43.8 Å². The molecule has 1 aromatic carbocycles. The van der Waals surface area contributed by atoms with Crippen molar-refractivity contribution in [2.24, 2.45) is 0 Å². The highest BCUT2D eigenvalue weighted by molar-refractivity contribution is 6.36. The average Bonchev–Trinajstić information content (AvgIpc) is 3.02. The first-order chi connectivity index (χ1) is 12.4. The second-order valence-corrected chi connectivity index (χ2v) is 7.37. The Morgan fingerprint density at radius 1 is 1.27 bits per heavy atom. The molecule has 2 aromatic rings. The molecule has 0 radical (unpaired) electrons. The number of benzene rings is 1. The molecule has 2 heterocycles. The zero-order valence-electron chi connectivity index (χ0n) is 14.8. The summed E-state index contributed by atoms with van der Waals surface area (Å²) in [5.41, 5.74) is 1.52. The van der Waals surface area contributed by atoms with Crippen LogP contribution in [0.5, 0.6) is 0 Å². The normalized spacial score (nSPS) is 17.2. The topological polar surface area (TPSA) is 61.6 Å². The number of halogens is 2. The van der Waals surface area contributed by atoms with Crippen LogP contribution in [0.25, 0.3) is 0 Å². The molecule has 1 aromatic heterocycles. The number of anilines is 1. The van der Waals surface area contributed by atoms with Gasteiger partial charge in [-0.25, -0.2) is 0 Å². The quantitative estimate of drug-likeness (QED) is 0.838. The van der Waals surface area contributed by atoms with E-state index in [4.69, 9.17) is 27.7 Å². The van der Waals surface area contributed by atoms with Gasteiger partial charge in [0.05, 0.1) is 22.4 Å². The van der Waals surface area contributed by atoms with Gasteiger partial charge in [0.1, 0.15) is 5.76 Å². The first kappa shape index (κ1) is 19.2. The van der Waals surface area contributed by atoms with Gasteiger partial charge in [-0.15, -0.1) is 0 Å². The number of hydrogen-bond acceptors (Lipinski definition) is 5. The molecule has 1 N–H and O–H groups in total. The van der Waals surface area contributed by atoms with E-state index < -0.39 is 0 Å². The summed E-state index contributed by atoms with van der Waals surface area (Å²) in [6.45, 7) is 7.97. The Hall–Kier alpha value is -1.60. The standard InChI is InChI=1S/C18H22Cl2N4O2/c1-12-9-15(22-26-12)11-23-5-7-24(8-6-23)13(2)18(25)21-17-4-3-14(19)10-16(17)20/h3-4,9-10,13H,5-8,11H2,1-2H3,(H,21,25)/t13-/m0/s1. The second-order valence-electron chi connectivity index (χ2n) is 6.53. The fraction of sp³-hybridized carbons (Fsp3) is 0.444. The fourth-order valence-corrected chi connectivity index (χ4v) is 3.48. The number of amides is 1. The Bertz CT molecular complexity index is 772. The third kappa shape index (κ3) is 4.76. The Morgan fingerprint density at radius 3 is 2.62 bits per heavy atom. The SMILES string of the molecule is Cc1cc(CN2CCN([C@@H](C)C(=O)Nc3ccc(Cl)cc3Cl)CC2)no1. The maximum absolute atomic E-state index is 12.5. The summed E-state index contributed by atoms with van der Waals surface area (Å²) >= 11 is 12.0. The molecule has 1 atom stereocenters. The van der Waals surface area contributed by atoms with Crippen molar-refractivity contribution in [1.82, 2.24) is 15.0 Å². The minimum absolute atomic E-state index is 0.0743. The van der Waals surface area contributed by atoms with E-state index in [0.717, 1.165) is 44.2 Å². The van der Waals surface area contributed by atoms with Gasteiger partial charge >= 0.3 is 0 Å². The van der Waals surface area contributed by atoms with E-state index in [1.807, 2.05) is 19.9 Å². The van der Waals surface area contributed by atoms with Crippen molar-refractivity contribution in [3.63, 3.8) is 0 Å². The van der Waals surface area contributed by atoms with Crippen molar-refractivity contribution in [1.29, 1.82) is 0 Å². The first-order valence-electron chi connectivity index (χ1n) is 8.57. The van der Waals surface area contributed by atoms with E-state index in [1.54, 1.807) is 18.2 Å². The predicted octanol–water partition coefficient (Wildman–Crippen LogP) is 3.43. The van der Waals surface area contributed by atoms with E-state index >= 15 is 0 Å². The van der Waals surface area contributed by atoms with Crippen molar-refractivity contribution in [3.05, 3.63) is 45.8 Å². The molecule has 0 saturated carbocycles. The summed E-state index contributed by atoms with van der Waals surface area (Å²) in [6.07, 6.45) is 0. The average molecular weight is 397 g/mol. The third-order valence-corrected chi connectivity index (χ3v) is 5.13. The molecule has 26 heavy (non-hydrogen) atoms. The molecule has 1 amide bonds. The molecule has 0 bridgehead atoms. The van der Waals surface area contributed by atoms with E-state index in [2.05, 4.69) is 20.3 Å². The van der Waals surface area contributed by atoms with E-state index in [0.29, 0.717) is 15.7 Å². The third-order valence-electron chi connectivity index (χ3n) is 4.59. The van der Waals surface area contributed by atoms with Gasteiger partial charge in [0.25, 0.3) is 0 Å². The van der Waals surface area contributed by atoms with Crippen molar-refractivity contribution in [2.45, 2.75) is 26.4 Å². The van der Waals surface area contributed by atoms with Crippen molar-refractivity contribution in [3.8, 4) is 0 Å². The summed E-state index contributed by atoms with van der Waals surface area (Å²) in [5.74, 6) is 0.750. The Labute approximate surface area is 163 Å². The number of nitrogens with zero attached hydrogens (tertiary/aromatic N) is 3. The summed E-state index contributed by atoms with van der Waals surface area (Å²) in [5, 5.41) is 7.90. The molecule has 8 heteroatoms. The molecule has 1 aliphatic rings. The molecule has 1 saturated heterocycles. The maximum Gasteiger partial charge on any atom is 0.241 e. The van der Waals surface area contributed by atoms with Crippen molar-refractivity contribution < 1.29 is 9.32 Å². The largest absolute Gasteiger partial charge is 0.361 e. The number of aryl methyl sites for hydroxylation is 1. The van der Waals surface area contributed by atoms with Gasteiger partial charge in [-0.05, 0) is 32.0 Å². The maximum atomic E-state index is 12.5. The van der Waals surface area contributed by atoms with Gasteiger partial charge < -0.3 is 9.84 Å². The number of piperazine rings is 1. The van der Waals surface area contributed by atoms with Crippen LogP contribution in [0, 0.1) is 6.92 Å². The monoisotopic (exact) mass is 396 g/mol. The highest BCUT2D eigenvalue weighted by atomic mass is 35.5. The highest BCUT2D eigenvalue weighted by Gasteiger charge is 2.26. The smallest absolute Gasteiger partial charge is 0.241 e. The molecule has 1 fully saturated rings. The lowest BCUT2D eigenvalue weighted by Gasteiger charge is -2.37. The zero-order chi connectivity index (χ0) is 18.7. The molecule has 1 aliphatic heterocycles. The minimum Gasteiger partial charge on any atom is -0.361 e. The van der Waals surface area contributed by atoms with Crippen LogP contribution in [0.3, 0.4) is 0 Å². The lowest BCUT2D eigenvalue weighted by atomic mass is 10.2. The lowest BCUT2D eigenvalue weighted by Crippen LogP contribution is -2.52. The number of rotatable bonds is 5. The van der Waals surface area contributed by atoms with Gasteiger partial charge in [-0.1, -0.05) is 28.4 Å². The number of aromatic nitrogens is 1. The van der Waals surface area contributed by atoms with Crippen LogP contribution in [-0.4, -0.2) is 53.1 Å². The molecule has 140 valence electrons. The highest BCUT2D eigenvalue weighted by Crippen LogP contribution is 2.25.